The first kappa shape index (κ1) is 23.1. The van der Waals surface area contributed by atoms with Gasteiger partial charge in [-0.1, -0.05) is 24.3 Å². The fourth-order valence-corrected chi connectivity index (χ4v) is 2.83. The van der Waals surface area contributed by atoms with Gasteiger partial charge in [-0.25, -0.2) is 9.18 Å². The number of hydrogen-bond acceptors (Lipinski definition) is 4. The molecule has 5 nitrogen and oxygen atoms in total. The maximum absolute atomic E-state index is 15.0. The molecule has 0 aliphatic carbocycles. The molecule has 0 unspecified atom stereocenters. The highest BCUT2D eigenvalue weighted by Crippen LogP contribution is 2.33. The lowest BCUT2D eigenvalue weighted by Gasteiger charge is -2.27. The Morgan fingerprint density at radius 1 is 1.27 bits per heavy atom. The Hall–Kier alpha value is -3.23. The maximum Gasteiger partial charge on any atom is 0.416 e. The monoisotopic (exact) mass is 425 g/mol. The summed E-state index contributed by atoms with van der Waals surface area (Å²) in [5.41, 5.74) is 5.85. The third-order valence-corrected chi connectivity index (χ3v) is 4.10. The fraction of sp³-hybridized carbons (Fsp3) is 0.286. The number of hydrogen-bond donors (Lipinski definition) is 2. The Labute approximate surface area is 172 Å². The number of carbonyl (C=O) groups is 1. The summed E-state index contributed by atoms with van der Waals surface area (Å²) in [7, 11) is 0. The quantitative estimate of drug-likeness (QED) is 0.345. The Morgan fingerprint density at radius 2 is 1.97 bits per heavy atom. The van der Waals surface area contributed by atoms with E-state index in [1.54, 1.807) is 13.8 Å². The lowest BCUT2D eigenvalue weighted by atomic mass is 10.1. The summed E-state index contributed by atoms with van der Waals surface area (Å²) in [6.07, 6.45) is -5.26. The maximum atomic E-state index is 15.0. The summed E-state index contributed by atoms with van der Waals surface area (Å²) >= 11 is 0. The molecule has 0 fully saturated rings. The smallest absolute Gasteiger partial charge is 0.416 e. The second-order valence-electron chi connectivity index (χ2n) is 6.72. The highest BCUT2D eigenvalue weighted by Gasteiger charge is 2.30. The van der Waals surface area contributed by atoms with Gasteiger partial charge in [0.2, 0.25) is 0 Å². The lowest BCUT2D eigenvalue weighted by Crippen LogP contribution is -2.26. The van der Waals surface area contributed by atoms with Gasteiger partial charge in [-0.3, -0.25) is 5.32 Å². The summed E-state index contributed by atoms with van der Waals surface area (Å²) in [4.78, 5) is 13.1. The van der Waals surface area contributed by atoms with E-state index in [1.807, 2.05) is 0 Å². The van der Waals surface area contributed by atoms with E-state index in [0.29, 0.717) is 11.1 Å². The van der Waals surface area contributed by atoms with Crippen LogP contribution in [0.2, 0.25) is 0 Å². The minimum absolute atomic E-state index is 0.00219. The van der Waals surface area contributed by atoms with Crippen LogP contribution in [0.1, 0.15) is 25.0 Å². The number of ether oxygens (including phenoxy) is 1. The van der Waals surface area contributed by atoms with Crippen molar-refractivity contribution in [2.45, 2.75) is 26.6 Å². The second kappa shape index (κ2) is 9.51. The van der Waals surface area contributed by atoms with Crippen molar-refractivity contribution in [3.8, 4) is 0 Å². The number of carbonyl (C=O) groups excluding carboxylic acids is 1. The van der Waals surface area contributed by atoms with Gasteiger partial charge >= 0.3 is 12.3 Å². The SMILES string of the molecule is C=C(C)CN(Cc1cccc(C(F)(F)F)c1)c1ccc(NC(=O)OCC)c(N)c1F. The van der Waals surface area contributed by atoms with Gasteiger partial charge in [-0.15, -0.1) is 0 Å². The molecule has 0 radical (unpaired) electrons. The molecule has 2 rings (SSSR count). The molecule has 0 aliphatic heterocycles. The second-order valence-corrected chi connectivity index (χ2v) is 6.72. The molecule has 162 valence electrons. The van der Waals surface area contributed by atoms with Crippen LogP contribution in [0, 0.1) is 5.82 Å². The third kappa shape index (κ3) is 5.88. The van der Waals surface area contributed by atoms with Crippen LogP contribution in [0.15, 0.2) is 48.6 Å². The van der Waals surface area contributed by atoms with Crippen molar-refractivity contribution in [2.75, 3.05) is 29.1 Å². The molecule has 0 saturated heterocycles. The molecule has 0 aromatic heterocycles. The lowest BCUT2D eigenvalue weighted by molar-refractivity contribution is -0.137. The predicted molar refractivity (Wildman–Crippen MR) is 109 cm³/mol. The van der Waals surface area contributed by atoms with E-state index in [-0.39, 0.29) is 36.8 Å². The molecular formula is C21H23F4N3O2. The van der Waals surface area contributed by atoms with Crippen LogP contribution in [0.5, 0.6) is 0 Å². The molecule has 0 saturated carbocycles. The van der Waals surface area contributed by atoms with Gasteiger partial charge in [-0.2, -0.15) is 13.2 Å². The summed E-state index contributed by atoms with van der Waals surface area (Å²) in [5, 5.41) is 2.35. The number of anilines is 3. The number of benzene rings is 2. The minimum Gasteiger partial charge on any atom is -0.450 e. The number of nitrogens with zero attached hydrogens (tertiary/aromatic N) is 1. The zero-order valence-electron chi connectivity index (χ0n) is 16.6. The van der Waals surface area contributed by atoms with Gasteiger partial charge in [-0.05, 0) is 43.7 Å². The van der Waals surface area contributed by atoms with E-state index >= 15 is 4.39 Å². The summed E-state index contributed by atoms with van der Waals surface area (Å²) in [6.45, 7) is 7.46. The predicted octanol–water partition coefficient (Wildman–Crippen LogP) is 5.58. The number of amides is 1. The number of alkyl halides is 3. The summed E-state index contributed by atoms with van der Waals surface area (Å²) in [5.74, 6) is -0.808. The van der Waals surface area contributed by atoms with E-state index in [1.165, 1.54) is 29.2 Å². The van der Waals surface area contributed by atoms with Gasteiger partial charge < -0.3 is 15.4 Å². The highest BCUT2D eigenvalue weighted by molar-refractivity contribution is 5.90. The Kier molecular flexibility index (Phi) is 7.31. The zero-order chi connectivity index (χ0) is 22.5. The van der Waals surface area contributed by atoms with E-state index in [0.717, 1.165) is 12.1 Å². The van der Waals surface area contributed by atoms with Crippen LogP contribution in [0.25, 0.3) is 0 Å². The van der Waals surface area contributed by atoms with E-state index < -0.39 is 23.7 Å². The summed E-state index contributed by atoms with van der Waals surface area (Å²) in [6, 6.07) is 7.61. The molecular weight excluding hydrogens is 402 g/mol. The molecule has 30 heavy (non-hydrogen) atoms. The number of nitrogens with two attached hydrogens (primary N) is 1. The van der Waals surface area contributed by atoms with Crippen molar-refractivity contribution in [3.63, 3.8) is 0 Å². The van der Waals surface area contributed by atoms with Crippen molar-refractivity contribution in [2.24, 2.45) is 0 Å². The fourth-order valence-electron chi connectivity index (χ4n) is 2.83. The zero-order valence-corrected chi connectivity index (χ0v) is 16.6. The van der Waals surface area contributed by atoms with Crippen molar-refractivity contribution in [3.05, 3.63) is 65.5 Å². The van der Waals surface area contributed by atoms with Crippen LogP contribution in [0.4, 0.5) is 39.4 Å². The van der Waals surface area contributed by atoms with Gasteiger partial charge in [0.1, 0.15) is 0 Å². The molecule has 0 bridgehead atoms. The number of nitrogen functional groups attached to an aromatic ring is 1. The number of nitrogens with one attached hydrogen (secondary N) is 1. The van der Waals surface area contributed by atoms with E-state index in [9.17, 15) is 18.0 Å². The third-order valence-electron chi connectivity index (χ3n) is 4.10. The molecule has 3 N–H and O–H groups in total. The largest absolute Gasteiger partial charge is 0.450 e. The van der Waals surface area contributed by atoms with E-state index in [2.05, 4.69) is 11.9 Å². The van der Waals surface area contributed by atoms with E-state index in [4.69, 9.17) is 10.5 Å². The summed E-state index contributed by atoms with van der Waals surface area (Å²) < 4.78 is 58.8. The van der Waals surface area contributed by atoms with Crippen molar-refractivity contribution < 1.29 is 27.1 Å². The number of halogens is 4. The Morgan fingerprint density at radius 3 is 2.57 bits per heavy atom. The standard InChI is InChI=1S/C21H23F4N3O2/c1-4-30-20(29)27-16-8-9-17(18(22)19(16)26)28(11-13(2)3)12-14-6-5-7-15(10-14)21(23,24)25/h5-10H,2,4,11-12,26H2,1,3H3,(H,27,29). The van der Waals surface area contributed by atoms with Gasteiger partial charge in [0.15, 0.2) is 5.82 Å². The topological polar surface area (TPSA) is 67.6 Å². The normalized spacial score (nSPS) is 11.1. The first-order valence-corrected chi connectivity index (χ1v) is 9.10. The molecule has 0 atom stereocenters. The van der Waals surface area contributed by atoms with Crippen LogP contribution in [-0.2, 0) is 17.5 Å². The minimum atomic E-state index is -4.48. The molecule has 2 aromatic rings. The molecule has 1 amide bonds. The van der Waals surface area contributed by atoms with Gasteiger partial charge in [0.25, 0.3) is 0 Å². The van der Waals surface area contributed by atoms with Gasteiger partial charge in [0.05, 0.1) is 29.2 Å². The highest BCUT2D eigenvalue weighted by atomic mass is 19.4. The molecule has 9 heteroatoms. The Bertz CT molecular complexity index is 929. The van der Waals surface area contributed by atoms with Crippen LogP contribution in [-0.4, -0.2) is 19.2 Å². The average molecular weight is 425 g/mol. The Balaban J connectivity index is 2.37. The average Bonchev–Trinajstić information content (AvgIpc) is 2.64. The molecule has 0 heterocycles. The van der Waals surface area contributed by atoms with Crippen molar-refractivity contribution >= 4 is 23.2 Å². The van der Waals surface area contributed by atoms with Crippen molar-refractivity contribution in [1.29, 1.82) is 0 Å². The molecule has 0 aliphatic rings. The number of rotatable bonds is 7. The van der Waals surface area contributed by atoms with Crippen LogP contribution < -0.4 is 16.0 Å². The first-order valence-electron chi connectivity index (χ1n) is 9.10. The van der Waals surface area contributed by atoms with Gasteiger partial charge in [0, 0.05) is 13.1 Å². The first-order chi connectivity index (χ1) is 14.0. The molecule has 2 aromatic carbocycles. The van der Waals surface area contributed by atoms with Crippen LogP contribution >= 0.6 is 0 Å². The van der Waals surface area contributed by atoms with Crippen LogP contribution in [0.3, 0.4) is 0 Å². The van der Waals surface area contributed by atoms with Crippen molar-refractivity contribution in [1.82, 2.24) is 0 Å². The molecule has 0 spiro atoms.